The van der Waals surface area contributed by atoms with Crippen molar-refractivity contribution in [2.24, 2.45) is 0 Å². The van der Waals surface area contributed by atoms with Gasteiger partial charge in [-0.2, -0.15) is 0 Å². The summed E-state index contributed by atoms with van der Waals surface area (Å²) >= 11 is 1.27. The Morgan fingerprint density at radius 3 is 2.46 bits per heavy atom. The molecule has 0 aromatic heterocycles. The molecule has 1 atom stereocenters. The molecular weight excluding hydrogens is 296 g/mol. The van der Waals surface area contributed by atoms with E-state index in [-0.39, 0.29) is 0 Å². The summed E-state index contributed by atoms with van der Waals surface area (Å²) in [5.41, 5.74) is 0. The second-order valence-corrected chi connectivity index (χ2v) is 6.10. The molecule has 75 valence electrons. The van der Waals surface area contributed by atoms with E-state index in [2.05, 4.69) is 6.92 Å². The van der Waals surface area contributed by atoms with Crippen LogP contribution in [0.1, 0.15) is 51.9 Å². The minimum absolute atomic E-state index is 0.349. The molecule has 0 fully saturated rings. The van der Waals surface area contributed by atoms with Crippen LogP contribution in [-0.2, 0) is 4.79 Å². The molecule has 0 aliphatic heterocycles. The van der Waals surface area contributed by atoms with Gasteiger partial charge in [0.25, 0.3) is 0 Å². The van der Waals surface area contributed by atoms with Crippen molar-refractivity contribution in [3.63, 3.8) is 0 Å². The van der Waals surface area contributed by atoms with Crippen molar-refractivity contribution >= 4 is 5.97 Å². The second kappa shape index (κ2) is 9.38. The van der Waals surface area contributed by atoms with Crippen LogP contribution in [0.2, 0.25) is 1.57 Å². The van der Waals surface area contributed by atoms with E-state index < -0.39 is 5.97 Å². The van der Waals surface area contributed by atoms with Gasteiger partial charge in [0, 0.05) is 0 Å². The first-order valence-electron chi connectivity index (χ1n) is 5.09. The molecule has 0 bridgehead atoms. The van der Waals surface area contributed by atoms with Gasteiger partial charge in [0.1, 0.15) is 0 Å². The summed E-state index contributed by atoms with van der Waals surface area (Å²) in [6.45, 7) is 2.22. The molecule has 0 radical (unpaired) electrons. The molecule has 0 rings (SSSR count). The maximum absolute atomic E-state index is 10.2. The van der Waals surface area contributed by atoms with Gasteiger partial charge in [-0.3, -0.25) is 0 Å². The molecule has 0 heterocycles. The normalized spacial score (nSPS) is 12.6. The summed E-state index contributed by atoms with van der Waals surface area (Å²) in [6.07, 6.45) is 7.54. The summed E-state index contributed by atoms with van der Waals surface area (Å²) in [5, 5.41) is 8.43. The molecular formula is C10H19NdO2. The van der Waals surface area contributed by atoms with Crippen LogP contribution in [0.25, 0.3) is 0 Å². The molecule has 0 aromatic rings. The average molecular weight is 316 g/mol. The van der Waals surface area contributed by atoms with Gasteiger partial charge < -0.3 is 0 Å². The van der Waals surface area contributed by atoms with Crippen LogP contribution >= 0.6 is 0 Å². The van der Waals surface area contributed by atoms with Gasteiger partial charge in [-0.1, -0.05) is 0 Å². The molecule has 1 N–H and O–H groups in total. The average Bonchev–Trinajstić information content (AvgIpc) is 2.08. The van der Waals surface area contributed by atoms with Crippen molar-refractivity contribution < 1.29 is 48.7 Å². The zero-order valence-corrected chi connectivity index (χ0v) is 11.6. The summed E-state index contributed by atoms with van der Waals surface area (Å²) in [7, 11) is 0. The standard InChI is InChI=1S/C10H19O2.Nd/c1-2-3-4-5-6-7-8-9-10(11)12;/h5H,2-4,6-9H2,1H3,(H,11,12);. The molecule has 13 heavy (non-hydrogen) atoms. The van der Waals surface area contributed by atoms with Crippen LogP contribution in [0.15, 0.2) is 0 Å². The first-order chi connectivity index (χ1) is 6.16. The van der Waals surface area contributed by atoms with Gasteiger partial charge in [-0.25, -0.2) is 0 Å². The van der Waals surface area contributed by atoms with Crippen molar-refractivity contribution in [3.05, 3.63) is 0 Å². The van der Waals surface area contributed by atoms with Gasteiger partial charge in [0.15, 0.2) is 0 Å². The Kier molecular flexibility index (Phi) is 9.97. The van der Waals surface area contributed by atoms with Gasteiger partial charge in [0.05, 0.1) is 0 Å². The van der Waals surface area contributed by atoms with Crippen LogP contribution < -0.4 is 0 Å². The monoisotopic (exact) mass is 313 g/mol. The quantitative estimate of drug-likeness (QED) is 0.699. The molecule has 3 heteroatoms. The molecule has 0 aliphatic rings. The topological polar surface area (TPSA) is 37.3 Å². The van der Waals surface area contributed by atoms with Crippen molar-refractivity contribution in [1.82, 2.24) is 0 Å². The first kappa shape index (κ1) is 13.8. The van der Waals surface area contributed by atoms with Crippen molar-refractivity contribution in [2.75, 3.05) is 0 Å². The number of unbranched alkanes of at least 4 members (excludes halogenated alkanes) is 2. The number of hydrogen-bond donors (Lipinski definition) is 1. The van der Waals surface area contributed by atoms with Crippen LogP contribution in [-0.4, -0.2) is 11.1 Å². The van der Waals surface area contributed by atoms with Gasteiger partial charge >= 0.3 is 108 Å². The van der Waals surface area contributed by atoms with Gasteiger partial charge in [-0.15, -0.1) is 0 Å². The van der Waals surface area contributed by atoms with E-state index in [0.29, 0.717) is 6.42 Å². The predicted octanol–water partition coefficient (Wildman–Crippen LogP) is 3.16. The van der Waals surface area contributed by atoms with Crippen LogP contribution in [0.4, 0.5) is 0 Å². The minimum atomic E-state index is -0.654. The fourth-order valence-corrected chi connectivity index (χ4v) is 2.57. The summed E-state index contributed by atoms with van der Waals surface area (Å²) < 4.78 is 0.911. The van der Waals surface area contributed by atoms with Crippen LogP contribution in [0.5, 0.6) is 0 Å². The number of carbonyl (C=O) groups is 1. The Labute approximate surface area is 107 Å². The second-order valence-electron chi connectivity index (χ2n) is 3.48. The van der Waals surface area contributed by atoms with Gasteiger partial charge in [0.2, 0.25) is 0 Å². The Hall–Kier alpha value is 0.821. The summed E-state index contributed by atoms with van der Waals surface area (Å²) in [4.78, 5) is 10.2. The van der Waals surface area contributed by atoms with E-state index in [1.165, 1.54) is 64.5 Å². The van der Waals surface area contributed by atoms with E-state index >= 15 is 0 Å². The molecule has 0 saturated carbocycles. The Bertz CT molecular complexity index is 137. The van der Waals surface area contributed by atoms with E-state index in [4.69, 9.17) is 5.11 Å². The number of hydrogen-bond acceptors (Lipinski definition) is 1. The Morgan fingerprint density at radius 1 is 1.31 bits per heavy atom. The van der Waals surface area contributed by atoms with Crippen molar-refractivity contribution in [2.45, 2.75) is 53.4 Å². The molecule has 1 unspecified atom stereocenters. The Morgan fingerprint density at radius 2 is 1.92 bits per heavy atom. The first-order valence-corrected chi connectivity index (χ1v) is 6.95. The van der Waals surface area contributed by atoms with Crippen LogP contribution in [0.3, 0.4) is 0 Å². The maximum atomic E-state index is 10.2. The molecule has 0 aromatic carbocycles. The number of aliphatic carboxylic acids is 1. The van der Waals surface area contributed by atoms with Crippen molar-refractivity contribution in [3.8, 4) is 0 Å². The summed E-state index contributed by atoms with van der Waals surface area (Å²) in [5.74, 6) is -0.654. The Balaban J connectivity index is 3.16. The third-order valence-corrected chi connectivity index (χ3v) is 3.95. The van der Waals surface area contributed by atoms with E-state index in [0.717, 1.165) is 14.4 Å². The third kappa shape index (κ3) is 10.7. The number of carboxylic acid groups (broad SMARTS) is 1. The third-order valence-electron chi connectivity index (χ3n) is 2.10. The number of rotatable bonds is 8. The number of carboxylic acids is 1. The zero-order valence-electron chi connectivity index (χ0n) is 8.38. The zero-order chi connectivity index (χ0) is 10.1. The fourth-order valence-electron chi connectivity index (χ4n) is 1.26. The molecule has 0 spiro atoms. The molecule has 0 saturated heterocycles. The summed E-state index contributed by atoms with van der Waals surface area (Å²) in [6, 6.07) is 0. The molecule has 0 amide bonds. The molecule has 0 aliphatic carbocycles. The SMILES string of the molecule is CCCC[CH]([Nd])CCCCC(=O)O. The fraction of sp³-hybridized carbons (Fsp3) is 0.900. The predicted molar refractivity (Wildman–Crippen MR) is 49.4 cm³/mol. The van der Waals surface area contributed by atoms with Crippen LogP contribution in [0, 0.1) is 38.8 Å². The van der Waals surface area contributed by atoms with E-state index in [9.17, 15) is 4.79 Å². The van der Waals surface area contributed by atoms with E-state index in [1.807, 2.05) is 0 Å². The molecule has 2 nitrogen and oxygen atoms in total. The van der Waals surface area contributed by atoms with Gasteiger partial charge in [-0.05, 0) is 0 Å². The van der Waals surface area contributed by atoms with Crippen molar-refractivity contribution in [1.29, 1.82) is 0 Å². The van der Waals surface area contributed by atoms with E-state index in [1.54, 1.807) is 0 Å².